The van der Waals surface area contributed by atoms with Crippen LogP contribution < -0.4 is 5.32 Å². The highest BCUT2D eigenvalue weighted by Gasteiger charge is 2.20. The van der Waals surface area contributed by atoms with E-state index in [2.05, 4.69) is 19.2 Å². The van der Waals surface area contributed by atoms with Gasteiger partial charge < -0.3 is 10.1 Å². The van der Waals surface area contributed by atoms with E-state index in [1.165, 1.54) is 12.1 Å². The quantitative estimate of drug-likeness (QED) is 0.803. The van der Waals surface area contributed by atoms with Crippen molar-refractivity contribution in [1.82, 2.24) is 5.32 Å². The third kappa shape index (κ3) is 3.29. The Balaban J connectivity index is 2.87. The minimum absolute atomic E-state index is 0.116. The lowest BCUT2D eigenvalue weighted by Gasteiger charge is -2.26. The van der Waals surface area contributed by atoms with E-state index in [0.717, 1.165) is 18.5 Å². The summed E-state index contributed by atoms with van der Waals surface area (Å²) in [6.45, 7) is 5.00. The van der Waals surface area contributed by atoms with E-state index in [0.29, 0.717) is 0 Å². The van der Waals surface area contributed by atoms with Crippen LogP contribution in [0.15, 0.2) is 24.3 Å². The van der Waals surface area contributed by atoms with Crippen LogP contribution in [0.25, 0.3) is 0 Å². The molecule has 0 aliphatic heterocycles. The van der Waals surface area contributed by atoms with E-state index >= 15 is 0 Å². The van der Waals surface area contributed by atoms with Gasteiger partial charge in [0.15, 0.2) is 0 Å². The highest BCUT2D eigenvalue weighted by molar-refractivity contribution is 5.21. The van der Waals surface area contributed by atoms with Gasteiger partial charge in [-0.1, -0.05) is 26.0 Å². The fourth-order valence-corrected chi connectivity index (χ4v) is 1.89. The Morgan fingerprint density at radius 3 is 2.31 bits per heavy atom. The van der Waals surface area contributed by atoms with Crippen molar-refractivity contribution in [3.63, 3.8) is 0 Å². The number of nitrogens with one attached hydrogen (secondary N) is 1. The highest BCUT2D eigenvalue weighted by Crippen LogP contribution is 2.21. The van der Waals surface area contributed by atoms with Gasteiger partial charge in [-0.25, -0.2) is 4.39 Å². The monoisotopic (exact) mass is 225 g/mol. The number of halogens is 1. The second-order valence-corrected chi connectivity index (χ2v) is 3.77. The summed E-state index contributed by atoms with van der Waals surface area (Å²) in [5, 5.41) is 3.37. The van der Waals surface area contributed by atoms with Crippen LogP contribution in [0.4, 0.5) is 4.39 Å². The van der Waals surface area contributed by atoms with Crippen LogP contribution >= 0.6 is 0 Å². The van der Waals surface area contributed by atoms with Crippen molar-refractivity contribution in [3.8, 4) is 0 Å². The lowest BCUT2D eigenvalue weighted by molar-refractivity contribution is 0.0656. The first-order valence-electron chi connectivity index (χ1n) is 5.74. The Hall–Kier alpha value is -0.930. The van der Waals surface area contributed by atoms with Gasteiger partial charge in [0.1, 0.15) is 5.82 Å². The van der Waals surface area contributed by atoms with Crippen molar-refractivity contribution in [3.05, 3.63) is 35.6 Å². The van der Waals surface area contributed by atoms with Crippen LogP contribution in [0.2, 0.25) is 0 Å². The smallest absolute Gasteiger partial charge is 0.123 e. The molecular formula is C13H20FNO. The van der Waals surface area contributed by atoms with Gasteiger partial charge in [-0.15, -0.1) is 0 Å². The summed E-state index contributed by atoms with van der Waals surface area (Å²) in [6.07, 6.45) is 1.04. The van der Waals surface area contributed by atoms with E-state index in [-0.39, 0.29) is 18.0 Å². The van der Waals surface area contributed by atoms with Crippen molar-refractivity contribution in [2.24, 2.45) is 0 Å². The van der Waals surface area contributed by atoms with Crippen molar-refractivity contribution >= 4 is 0 Å². The first kappa shape index (κ1) is 13.1. The van der Waals surface area contributed by atoms with E-state index in [4.69, 9.17) is 4.74 Å². The van der Waals surface area contributed by atoms with Gasteiger partial charge in [-0.05, 0) is 30.7 Å². The largest absolute Gasteiger partial charge is 0.379 e. The molecule has 0 spiro atoms. The molecule has 2 unspecified atom stereocenters. The van der Waals surface area contributed by atoms with E-state index < -0.39 is 0 Å². The normalized spacial score (nSPS) is 14.8. The molecular weight excluding hydrogens is 205 g/mol. The van der Waals surface area contributed by atoms with Crippen LogP contribution in [0.3, 0.4) is 0 Å². The summed E-state index contributed by atoms with van der Waals surface area (Å²) in [5.41, 5.74) is 1.07. The summed E-state index contributed by atoms with van der Waals surface area (Å²) in [7, 11) is 1.71. The summed E-state index contributed by atoms with van der Waals surface area (Å²) in [4.78, 5) is 0. The zero-order chi connectivity index (χ0) is 12.0. The van der Waals surface area contributed by atoms with Crippen LogP contribution in [-0.4, -0.2) is 19.8 Å². The topological polar surface area (TPSA) is 21.3 Å². The molecule has 0 aliphatic carbocycles. The zero-order valence-electron chi connectivity index (χ0n) is 10.2. The third-order valence-corrected chi connectivity index (χ3v) is 2.73. The molecule has 3 heteroatoms. The van der Waals surface area contributed by atoms with Gasteiger partial charge in [-0.3, -0.25) is 0 Å². The maximum atomic E-state index is 12.8. The molecule has 0 amide bonds. The maximum absolute atomic E-state index is 12.8. The summed E-state index contributed by atoms with van der Waals surface area (Å²) in [6, 6.07) is 6.72. The van der Waals surface area contributed by atoms with Crippen molar-refractivity contribution < 1.29 is 9.13 Å². The SMILES string of the molecule is CCNC(c1ccc(F)cc1)C(CC)OC. The highest BCUT2D eigenvalue weighted by atomic mass is 19.1. The van der Waals surface area contributed by atoms with Gasteiger partial charge in [-0.2, -0.15) is 0 Å². The molecule has 0 heterocycles. The molecule has 90 valence electrons. The maximum Gasteiger partial charge on any atom is 0.123 e. The van der Waals surface area contributed by atoms with E-state index in [1.807, 2.05) is 12.1 Å². The van der Waals surface area contributed by atoms with Crippen LogP contribution in [-0.2, 0) is 4.74 Å². The fourth-order valence-electron chi connectivity index (χ4n) is 1.89. The second-order valence-electron chi connectivity index (χ2n) is 3.77. The van der Waals surface area contributed by atoms with E-state index in [9.17, 15) is 4.39 Å². The molecule has 16 heavy (non-hydrogen) atoms. The zero-order valence-corrected chi connectivity index (χ0v) is 10.2. The standard InChI is InChI=1S/C13H20FNO/c1-4-12(16-3)13(15-5-2)10-6-8-11(14)9-7-10/h6-9,12-13,15H,4-5H2,1-3H3. The number of methoxy groups -OCH3 is 1. The first-order valence-corrected chi connectivity index (χ1v) is 5.74. The predicted molar refractivity (Wildman–Crippen MR) is 63.9 cm³/mol. The lowest BCUT2D eigenvalue weighted by Crippen LogP contribution is -2.32. The second kappa shape index (κ2) is 6.61. The molecule has 1 aromatic rings. The number of hydrogen-bond donors (Lipinski definition) is 1. The van der Waals surface area contributed by atoms with Crippen LogP contribution in [0, 0.1) is 5.82 Å². The van der Waals surface area contributed by atoms with E-state index in [1.54, 1.807) is 7.11 Å². The molecule has 0 saturated heterocycles. The van der Waals surface area contributed by atoms with Gasteiger partial charge in [0.05, 0.1) is 12.1 Å². The molecule has 0 fully saturated rings. The average Bonchev–Trinajstić information content (AvgIpc) is 2.31. The number of ether oxygens (including phenoxy) is 1. The molecule has 0 aromatic heterocycles. The van der Waals surface area contributed by atoms with Crippen molar-refractivity contribution in [2.45, 2.75) is 32.4 Å². The van der Waals surface area contributed by atoms with Gasteiger partial charge >= 0.3 is 0 Å². The molecule has 1 rings (SSSR count). The van der Waals surface area contributed by atoms with Crippen LogP contribution in [0.1, 0.15) is 31.9 Å². The Bertz CT molecular complexity index is 295. The van der Waals surface area contributed by atoms with Crippen LogP contribution in [0.5, 0.6) is 0 Å². The molecule has 1 N–H and O–H groups in total. The Morgan fingerprint density at radius 1 is 1.25 bits per heavy atom. The van der Waals surface area contributed by atoms with Crippen molar-refractivity contribution in [2.75, 3.05) is 13.7 Å². The number of likely N-dealkylation sites (N-methyl/N-ethyl adjacent to an activating group) is 1. The Labute approximate surface area is 96.8 Å². The van der Waals surface area contributed by atoms with Gasteiger partial charge in [0.25, 0.3) is 0 Å². The Morgan fingerprint density at radius 2 is 1.88 bits per heavy atom. The Kier molecular flexibility index (Phi) is 5.43. The average molecular weight is 225 g/mol. The third-order valence-electron chi connectivity index (χ3n) is 2.73. The molecule has 2 nitrogen and oxygen atoms in total. The minimum atomic E-state index is -0.204. The summed E-state index contributed by atoms with van der Waals surface area (Å²) in [5.74, 6) is -0.204. The number of rotatable bonds is 6. The van der Waals surface area contributed by atoms with Gasteiger partial charge in [0, 0.05) is 7.11 Å². The number of hydrogen-bond acceptors (Lipinski definition) is 2. The molecule has 2 atom stereocenters. The van der Waals surface area contributed by atoms with Crippen molar-refractivity contribution in [1.29, 1.82) is 0 Å². The molecule has 0 radical (unpaired) electrons. The lowest BCUT2D eigenvalue weighted by atomic mass is 9.99. The fraction of sp³-hybridized carbons (Fsp3) is 0.538. The first-order chi connectivity index (χ1) is 7.72. The predicted octanol–water partition coefficient (Wildman–Crippen LogP) is 2.90. The molecule has 1 aromatic carbocycles. The van der Waals surface area contributed by atoms with Gasteiger partial charge in [0.2, 0.25) is 0 Å². The number of benzene rings is 1. The summed E-state index contributed by atoms with van der Waals surface area (Å²) < 4.78 is 18.3. The molecule has 0 bridgehead atoms. The summed E-state index contributed by atoms with van der Waals surface area (Å²) >= 11 is 0. The molecule has 0 aliphatic rings. The minimum Gasteiger partial charge on any atom is -0.379 e. The molecule has 0 saturated carbocycles.